The Bertz CT molecular complexity index is 856. The number of allylic oxidation sites excluding steroid dienone is 2. The third-order valence-corrected chi connectivity index (χ3v) is 6.40. The van der Waals surface area contributed by atoms with Gasteiger partial charge in [0.15, 0.2) is 6.17 Å². The number of rotatable bonds is 4. The fourth-order valence-electron chi connectivity index (χ4n) is 4.27. The number of amides is 1. The summed E-state index contributed by atoms with van der Waals surface area (Å²) in [4.78, 5) is 25.1. The van der Waals surface area contributed by atoms with Crippen molar-refractivity contribution in [2.45, 2.75) is 77.6 Å². The first-order valence-electron chi connectivity index (χ1n) is 11.2. The number of ether oxygens (including phenoxy) is 1. The summed E-state index contributed by atoms with van der Waals surface area (Å²) in [6.45, 7) is 9.92. The van der Waals surface area contributed by atoms with Gasteiger partial charge < -0.3 is 14.5 Å². The highest BCUT2D eigenvalue weighted by molar-refractivity contribution is 5.80. The molecule has 3 aliphatic rings. The van der Waals surface area contributed by atoms with E-state index in [0.717, 1.165) is 50.3 Å². The minimum atomic E-state index is -2.63. The van der Waals surface area contributed by atoms with Gasteiger partial charge in [-0.15, -0.1) is 0 Å². The van der Waals surface area contributed by atoms with Crippen LogP contribution in [0.25, 0.3) is 0 Å². The quantitative estimate of drug-likeness (QED) is 0.643. The minimum absolute atomic E-state index is 0.123. The fourth-order valence-corrected chi connectivity index (χ4v) is 4.27. The number of hydrogen-bond acceptors (Lipinski definition) is 5. The predicted octanol–water partition coefficient (Wildman–Crippen LogP) is 4.04. The Labute approximate surface area is 187 Å². The van der Waals surface area contributed by atoms with Crippen LogP contribution in [0.1, 0.15) is 57.8 Å². The molecule has 0 spiro atoms. The average molecular weight is 455 g/mol. The first kappa shape index (κ1) is 24.5. The van der Waals surface area contributed by atoms with Crippen LogP contribution in [0.3, 0.4) is 0 Å². The zero-order valence-electron chi connectivity index (χ0n) is 19.4. The maximum absolute atomic E-state index is 13.3. The maximum atomic E-state index is 13.3. The molecule has 0 aromatic carbocycles. The fraction of sp³-hybridized carbons (Fsp3) is 0.696. The Kier molecular flexibility index (Phi) is 7.47. The SMILES string of the molecule is C/C=C(\C)C(C)(F)F.Cc1cc(C2CCN(C(=O)C(C)F)C2)nc(N2CC3CC2CO3)n1. The molecule has 0 radical (unpaired) electrons. The first-order valence-corrected chi connectivity index (χ1v) is 11.2. The van der Waals surface area contributed by atoms with Crippen LogP contribution in [0.2, 0.25) is 0 Å². The first-order chi connectivity index (χ1) is 15.0. The summed E-state index contributed by atoms with van der Waals surface area (Å²) in [5.41, 5.74) is 2.02. The van der Waals surface area contributed by atoms with E-state index in [-0.39, 0.29) is 11.5 Å². The Hall–Kier alpha value is -2.16. The van der Waals surface area contributed by atoms with Crippen LogP contribution in [0.4, 0.5) is 19.1 Å². The van der Waals surface area contributed by atoms with Gasteiger partial charge in [-0.05, 0) is 52.2 Å². The number of anilines is 1. The third-order valence-electron chi connectivity index (χ3n) is 6.40. The molecule has 2 bridgehead atoms. The van der Waals surface area contributed by atoms with Crippen LogP contribution in [0, 0.1) is 6.92 Å². The highest BCUT2D eigenvalue weighted by Gasteiger charge is 2.40. The van der Waals surface area contributed by atoms with Crippen molar-refractivity contribution in [3.05, 3.63) is 29.1 Å². The summed E-state index contributed by atoms with van der Waals surface area (Å²) in [5, 5.41) is 0. The van der Waals surface area contributed by atoms with Gasteiger partial charge >= 0.3 is 0 Å². The summed E-state index contributed by atoms with van der Waals surface area (Å²) >= 11 is 0. The number of fused-ring (bicyclic) bond motifs is 2. The number of nitrogens with zero attached hydrogens (tertiary/aromatic N) is 4. The van der Waals surface area contributed by atoms with Crippen molar-refractivity contribution in [3.63, 3.8) is 0 Å². The molecule has 1 amide bonds. The summed E-state index contributed by atoms with van der Waals surface area (Å²) in [5.74, 6) is -2.12. The highest BCUT2D eigenvalue weighted by Crippen LogP contribution is 2.33. The molecule has 1 aromatic rings. The molecule has 32 heavy (non-hydrogen) atoms. The van der Waals surface area contributed by atoms with Gasteiger partial charge in [-0.25, -0.2) is 23.1 Å². The second-order valence-corrected chi connectivity index (χ2v) is 8.98. The molecule has 0 aliphatic carbocycles. The van der Waals surface area contributed by atoms with Crippen LogP contribution in [0.5, 0.6) is 0 Å². The molecule has 9 heteroatoms. The molecule has 4 atom stereocenters. The van der Waals surface area contributed by atoms with Gasteiger partial charge in [0.1, 0.15) is 0 Å². The van der Waals surface area contributed by atoms with Gasteiger partial charge in [0.05, 0.1) is 24.4 Å². The molecule has 178 valence electrons. The standard InChI is InChI=1S/C17H23FN4O2.C6H10F2/c1-10-5-15(12-3-4-21(7-12)16(23)11(2)18)20-17(19-10)22-8-14-6-13(22)9-24-14;1-4-5(2)6(3,7)8/h5,11-14H,3-4,6-9H2,1-2H3;4H,1-3H3/b;5-4+. The van der Waals surface area contributed by atoms with Crippen LogP contribution in [0.15, 0.2) is 17.7 Å². The molecule has 3 saturated heterocycles. The van der Waals surface area contributed by atoms with Crippen LogP contribution in [-0.2, 0) is 9.53 Å². The minimum Gasteiger partial charge on any atom is -0.374 e. The molecule has 3 aliphatic heterocycles. The second-order valence-electron chi connectivity index (χ2n) is 8.98. The molecular formula is C23H33F3N4O2. The molecule has 0 N–H and O–H groups in total. The van der Waals surface area contributed by atoms with E-state index in [2.05, 4.69) is 9.88 Å². The van der Waals surface area contributed by atoms with E-state index in [9.17, 15) is 18.0 Å². The van der Waals surface area contributed by atoms with Crippen molar-refractivity contribution in [2.75, 3.05) is 31.1 Å². The number of aryl methyl sites for hydroxylation is 1. The van der Waals surface area contributed by atoms with E-state index < -0.39 is 18.0 Å². The summed E-state index contributed by atoms with van der Waals surface area (Å²) < 4.78 is 43.0. The monoisotopic (exact) mass is 454 g/mol. The van der Waals surface area contributed by atoms with E-state index in [1.165, 1.54) is 19.9 Å². The number of morpholine rings is 1. The van der Waals surface area contributed by atoms with E-state index in [1.807, 2.05) is 13.0 Å². The van der Waals surface area contributed by atoms with Crippen molar-refractivity contribution < 1.29 is 22.7 Å². The lowest BCUT2D eigenvalue weighted by atomic mass is 10.0. The summed E-state index contributed by atoms with van der Waals surface area (Å²) in [6, 6.07) is 2.37. The van der Waals surface area contributed by atoms with E-state index in [1.54, 1.807) is 11.8 Å². The van der Waals surface area contributed by atoms with Gasteiger partial charge in [-0.2, -0.15) is 0 Å². The Morgan fingerprint density at radius 3 is 2.56 bits per heavy atom. The molecule has 0 saturated carbocycles. The average Bonchev–Trinajstić information content (AvgIpc) is 3.48. The largest absolute Gasteiger partial charge is 0.374 e. The van der Waals surface area contributed by atoms with Crippen LogP contribution < -0.4 is 4.90 Å². The van der Waals surface area contributed by atoms with Gasteiger partial charge in [0.2, 0.25) is 5.95 Å². The van der Waals surface area contributed by atoms with Crippen LogP contribution in [-0.4, -0.2) is 71.3 Å². The summed E-state index contributed by atoms with van der Waals surface area (Å²) in [6.07, 6.45) is 2.15. The van der Waals surface area contributed by atoms with Crippen molar-refractivity contribution >= 4 is 11.9 Å². The lowest BCUT2D eigenvalue weighted by Crippen LogP contribution is -2.38. The van der Waals surface area contributed by atoms with Crippen molar-refractivity contribution in [2.24, 2.45) is 0 Å². The smallest absolute Gasteiger partial charge is 0.266 e. The molecule has 4 unspecified atom stereocenters. The van der Waals surface area contributed by atoms with Crippen molar-refractivity contribution in [3.8, 4) is 0 Å². The van der Waals surface area contributed by atoms with Gasteiger partial charge in [-0.3, -0.25) is 4.79 Å². The van der Waals surface area contributed by atoms with Gasteiger partial charge in [-0.1, -0.05) is 6.08 Å². The third kappa shape index (κ3) is 5.60. The number of alkyl halides is 3. The second kappa shape index (κ2) is 9.77. The van der Waals surface area contributed by atoms with Gasteiger partial charge in [0.25, 0.3) is 11.8 Å². The van der Waals surface area contributed by atoms with Crippen LogP contribution >= 0.6 is 0 Å². The topological polar surface area (TPSA) is 58.6 Å². The summed E-state index contributed by atoms with van der Waals surface area (Å²) in [7, 11) is 0. The number of aromatic nitrogens is 2. The number of hydrogen-bond donors (Lipinski definition) is 0. The van der Waals surface area contributed by atoms with E-state index in [4.69, 9.17) is 9.72 Å². The molecule has 4 heterocycles. The van der Waals surface area contributed by atoms with Crippen molar-refractivity contribution in [1.82, 2.24) is 14.9 Å². The Morgan fingerprint density at radius 2 is 2.06 bits per heavy atom. The van der Waals surface area contributed by atoms with E-state index >= 15 is 0 Å². The van der Waals surface area contributed by atoms with Crippen molar-refractivity contribution in [1.29, 1.82) is 0 Å². The number of carbonyl (C=O) groups is 1. The molecule has 1 aromatic heterocycles. The molecule has 6 nitrogen and oxygen atoms in total. The highest BCUT2D eigenvalue weighted by atomic mass is 19.3. The van der Waals surface area contributed by atoms with E-state index in [0.29, 0.717) is 25.2 Å². The number of likely N-dealkylation sites (tertiary alicyclic amines) is 1. The molecular weight excluding hydrogens is 421 g/mol. The Morgan fingerprint density at radius 1 is 1.34 bits per heavy atom. The Balaban J connectivity index is 0.000000312. The van der Waals surface area contributed by atoms with Gasteiger partial charge in [0, 0.05) is 38.2 Å². The molecule has 3 fully saturated rings. The number of carbonyl (C=O) groups excluding carboxylic acids is 1. The normalized spacial score (nSPS) is 26.2. The molecule has 4 rings (SSSR count). The lowest BCUT2D eigenvalue weighted by Gasteiger charge is -2.27. The maximum Gasteiger partial charge on any atom is 0.266 e. The lowest BCUT2D eigenvalue weighted by molar-refractivity contribution is -0.134. The predicted molar refractivity (Wildman–Crippen MR) is 117 cm³/mol. The zero-order chi connectivity index (χ0) is 23.6. The number of halogens is 3. The zero-order valence-corrected chi connectivity index (χ0v) is 19.4.